The molecule has 0 spiro atoms. The number of rotatable bonds is 4. The van der Waals surface area contributed by atoms with Crippen molar-refractivity contribution >= 4 is 12.9 Å². The SMILES string of the molecule is CCCOP(=O)([O-])c1ccccc1. The van der Waals surface area contributed by atoms with Gasteiger partial charge in [-0.25, -0.2) is 0 Å². The van der Waals surface area contributed by atoms with Gasteiger partial charge in [0.05, 0.1) is 6.61 Å². The van der Waals surface area contributed by atoms with Crippen LogP contribution in [0.15, 0.2) is 30.3 Å². The first-order chi connectivity index (χ1) is 6.17. The molecule has 72 valence electrons. The van der Waals surface area contributed by atoms with Gasteiger partial charge in [-0.2, -0.15) is 0 Å². The van der Waals surface area contributed by atoms with Crippen LogP contribution in [-0.4, -0.2) is 6.61 Å². The largest absolute Gasteiger partial charge is 0.775 e. The molecule has 0 bridgehead atoms. The maximum absolute atomic E-state index is 11.4. The molecule has 1 rings (SSSR count). The maximum atomic E-state index is 11.4. The molecular weight excluding hydrogens is 187 g/mol. The van der Waals surface area contributed by atoms with Gasteiger partial charge in [-0.3, -0.25) is 0 Å². The van der Waals surface area contributed by atoms with Crippen LogP contribution in [0.2, 0.25) is 0 Å². The Morgan fingerprint density at radius 2 is 2.00 bits per heavy atom. The first kappa shape index (κ1) is 10.5. The van der Waals surface area contributed by atoms with Crippen LogP contribution >= 0.6 is 7.60 Å². The normalized spacial score (nSPS) is 15.2. The fourth-order valence-corrected chi connectivity index (χ4v) is 2.01. The highest BCUT2D eigenvalue weighted by Gasteiger charge is 2.09. The van der Waals surface area contributed by atoms with Gasteiger partial charge in [-0.05, 0) is 6.42 Å². The van der Waals surface area contributed by atoms with Crippen molar-refractivity contribution in [3.63, 3.8) is 0 Å². The van der Waals surface area contributed by atoms with Gasteiger partial charge in [0.15, 0.2) is 7.60 Å². The maximum Gasteiger partial charge on any atom is 0.165 e. The average Bonchev–Trinajstić information content (AvgIpc) is 2.16. The van der Waals surface area contributed by atoms with Gasteiger partial charge in [-0.15, -0.1) is 0 Å². The first-order valence-corrected chi connectivity index (χ1v) is 5.72. The van der Waals surface area contributed by atoms with Gasteiger partial charge < -0.3 is 14.0 Å². The average molecular weight is 199 g/mol. The second-order valence-corrected chi connectivity index (χ2v) is 4.44. The van der Waals surface area contributed by atoms with Crippen LogP contribution in [0.1, 0.15) is 13.3 Å². The molecule has 13 heavy (non-hydrogen) atoms. The Balaban J connectivity index is 2.76. The molecule has 1 aromatic carbocycles. The van der Waals surface area contributed by atoms with Crippen molar-refractivity contribution in [1.29, 1.82) is 0 Å². The molecule has 0 aromatic heterocycles. The third kappa shape index (κ3) is 2.96. The van der Waals surface area contributed by atoms with E-state index in [1.165, 1.54) is 12.1 Å². The van der Waals surface area contributed by atoms with Crippen LogP contribution in [0.3, 0.4) is 0 Å². The van der Waals surface area contributed by atoms with E-state index in [4.69, 9.17) is 4.52 Å². The minimum absolute atomic E-state index is 0.239. The Kier molecular flexibility index (Phi) is 3.67. The summed E-state index contributed by atoms with van der Waals surface area (Å²) < 4.78 is 16.2. The summed E-state index contributed by atoms with van der Waals surface area (Å²) in [5.41, 5.74) is 0. The van der Waals surface area contributed by atoms with E-state index in [0.717, 1.165) is 0 Å². The van der Waals surface area contributed by atoms with Crippen LogP contribution in [0.5, 0.6) is 0 Å². The van der Waals surface area contributed by atoms with E-state index < -0.39 is 7.60 Å². The third-order valence-electron chi connectivity index (χ3n) is 1.54. The summed E-state index contributed by atoms with van der Waals surface area (Å²) in [5.74, 6) is 0. The molecule has 0 saturated heterocycles. The Morgan fingerprint density at radius 3 is 2.54 bits per heavy atom. The van der Waals surface area contributed by atoms with Crippen LogP contribution in [-0.2, 0) is 9.09 Å². The van der Waals surface area contributed by atoms with E-state index in [9.17, 15) is 9.46 Å². The van der Waals surface area contributed by atoms with E-state index in [0.29, 0.717) is 6.42 Å². The monoisotopic (exact) mass is 199 g/mol. The molecule has 0 radical (unpaired) electrons. The predicted molar refractivity (Wildman–Crippen MR) is 49.9 cm³/mol. The molecule has 1 atom stereocenters. The molecule has 0 N–H and O–H groups in total. The van der Waals surface area contributed by atoms with Crippen molar-refractivity contribution < 1.29 is 14.0 Å². The lowest BCUT2D eigenvalue weighted by atomic mass is 10.4. The van der Waals surface area contributed by atoms with Crippen molar-refractivity contribution in [2.24, 2.45) is 0 Å². The minimum Gasteiger partial charge on any atom is -0.775 e. The molecule has 0 amide bonds. The summed E-state index contributed by atoms with van der Waals surface area (Å²) in [7, 11) is -3.81. The molecule has 3 nitrogen and oxygen atoms in total. The fourth-order valence-electron chi connectivity index (χ4n) is 0.897. The van der Waals surface area contributed by atoms with Gasteiger partial charge >= 0.3 is 0 Å². The molecule has 1 aromatic rings. The highest BCUT2D eigenvalue weighted by atomic mass is 31.2. The molecule has 0 aliphatic carbocycles. The van der Waals surface area contributed by atoms with Crippen molar-refractivity contribution in [3.05, 3.63) is 30.3 Å². The summed E-state index contributed by atoms with van der Waals surface area (Å²) >= 11 is 0. The second kappa shape index (κ2) is 4.56. The summed E-state index contributed by atoms with van der Waals surface area (Å²) in [6, 6.07) is 8.18. The summed E-state index contributed by atoms with van der Waals surface area (Å²) in [4.78, 5) is 11.4. The summed E-state index contributed by atoms with van der Waals surface area (Å²) in [6.45, 7) is 2.11. The zero-order valence-corrected chi connectivity index (χ0v) is 8.37. The van der Waals surface area contributed by atoms with Crippen LogP contribution in [0.25, 0.3) is 0 Å². The number of benzene rings is 1. The van der Waals surface area contributed by atoms with Crippen molar-refractivity contribution in [3.8, 4) is 0 Å². The van der Waals surface area contributed by atoms with E-state index in [2.05, 4.69) is 0 Å². The predicted octanol–water partition coefficient (Wildman–Crippen LogP) is 1.29. The molecule has 0 aliphatic heterocycles. The number of hydrogen-bond acceptors (Lipinski definition) is 3. The van der Waals surface area contributed by atoms with Crippen molar-refractivity contribution in [1.82, 2.24) is 0 Å². The van der Waals surface area contributed by atoms with Crippen molar-refractivity contribution in [2.75, 3.05) is 6.61 Å². The molecule has 0 heterocycles. The van der Waals surface area contributed by atoms with Gasteiger partial charge in [0.25, 0.3) is 0 Å². The molecule has 0 saturated carbocycles. The Hall–Kier alpha value is -0.630. The molecule has 0 aliphatic rings. The van der Waals surface area contributed by atoms with E-state index in [-0.39, 0.29) is 11.9 Å². The van der Waals surface area contributed by atoms with Gasteiger partial charge in [0.1, 0.15) is 0 Å². The lowest BCUT2D eigenvalue weighted by Crippen LogP contribution is -2.17. The number of hydrogen-bond donors (Lipinski definition) is 0. The highest BCUT2D eigenvalue weighted by molar-refractivity contribution is 7.59. The van der Waals surface area contributed by atoms with Crippen molar-refractivity contribution in [2.45, 2.75) is 13.3 Å². The Morgan fingerprint density at radius 1 is 1.38 bits per heavy atom. The smallest absolute Gasteiger partial charge is 0.165 e. The molecule has 1 unspecified atom stereocenters. The van der Waals surface area contributed by atoms with Gasteiger partial charge in [0, 0.05) is 5.30 Å². The minimum atomic E-state index is -3.81. The van der Waals surface area contributed by atoms with E-state index in [1.807, 2.05) is 6.92 Å². The molecule has 0 fully saturated rings. The van der Waals surface area contributed by atoms with Crippen LogP contribution < -0.4 is 10.2 Å². The fraction of sp³-hybridized carbons (Fsp3) is 0.333. The van der Waals surface area contributed by atoms with Gasteiger partial charge in [-0.1, -0.05) is 37.3 Å². The topological polar surface area (TPSA) is 49.4 Å². The Labute approximate surface area is 77.9 Å². The zero-order chi connectivity index (χ0) is 9.73. The van der Waals surface area contributed by atoms with E-state index >= 15 is 0 Å². The molecular formula is C9H12O3P-. The third-order valence-corrected chi connectivity index (χ3v) is 2.99. The summed E-state index contributed by atoms with van der Waals surface area (Å²) in [5, 5.41) is 0.239. The second-order valence-electron chi connectivity index (χ2n) is 2.67. The molecule has 4 heteroatoms. The summed E-state index contributed by atoms with van der Waals surface area (Å²) in [6.07, 6.45) is 0.694. The standard InChI is InChI=1S/C9H13O3P/c1-2-8-12-13(10,11)9-6-4-3-5-7-9/h3-7H,2,8H2,1H3,(H,10,11)/p-1. The Bertz CT molecular complexity index is 297. The lowest BCUT2D eigenvalue weighted by Gasteiger charge is -2.22. The highest BCUT2D eigenvalue weighted by Crippen LogP contribution is 2.35. The van der Waals surface area contributed by atoms with Gasteiger partial charge in [0.2, 0.25) is 0 Å². The van der Waals surface area contributed by atoms with Crippen LogP contribution in [0, 0.1) is 0 Å². The van der Waals surface area contributed by atoms with E-state index in [1.54, 1.807) is 18.2 Å². The van der Waals surface area contributed by atoms with Crippen LogP contribution in [0.4, 0.5) is 0 Å². The lowest BCUT2D eigenvalue weighted by molar-refractivity contribution is -0.193. The quantitative estimate of drug-likeness (QED) is 0.686. The first-order valence-electron chi connectivity index (χ1n) is 4.18. The zero-order valence-electron chi connectivity index (χ0n) is 7.47.